The van der Waals surface area contributed by atoms with E-state index in [1.165, 1.54) is 25.8 Å². The minimum atomic E-state index is 0.190. The fourth-order valence-corrected chi connectivity index (χ4v) is 3.44. The van der Waals surface area contributed by atoms with Crippen LogP contribution in [0.2, 0.25) is 0 Å². The number of hydrogen-bond acceptors (Lipinski definition) is 1. The van der Waals surface area contributed by atoms with Gasteiger partial charge in [-0.3, -0.25) is 4.79 Å². The topological polar surface area (TPSA) is 24.8 Å². The third-order valence-electron chi connectivity index (χ3n) is 4.73. The highest BCUT2D eigenvalue weighted by Crippen LogP contribution is 2.16. The lowest BCUT2D eigenvalue weighted by Crippen LogP contribution is -3.15. The van der Waals surface area contributed by atoms with Crippen molar-refractivity contribution >= 4 is 5.91 Å². The molecular weight excluding hydrogens is 260 g/mol. The van der Waals surface area contributed by atoms with Crippen LogP contribution in [0.5, 0.6) is 0 Å². The van der Waals surface area contributed by atoms with Crippen LogP contribution in [0, 0.1) is 5.92 Å². The van der Waals surface area contributed by atoms with Crippen molar-refractivity contribution < 1.29 is 9.69 Å². The van der Waals surface area contributed by atoms with E-state index in [0.717, 1.165) is 37.7 Å². The number of carbonyl (C=O) groups excluding carboxylic acids is 1. The van der Waals surface area contributed by atoms with Gasteiger partial charge in [0.2, 0.25) is 0 Å². The first-order valence-electron chi connectivity index (χ1n) is 8.16. The van der Waals surface area contributed by atoms with E-state index in [2.05, 4.69) is 12.2 Å². The summed E-state index contributed by atoms with van der Waals surface area (Å²) in [7, 11) is 0. The number of amides is 1. The van der Waals surface area contributed by atoms with Gasteiger partial charge in [-0.1, -0.05) is 30.4 Å². The minimum absolute atomic E-state index is 0.190. The van der Waals surface area contributed by atoms with Gasteiger partial charge in [-0.15, -0.1) is 0 Å². The summed E-state index contributed by atoms with van der Waals surface area (Å²) < 4.78 is 0. The van der Waals surface area contributed by atoms with Crippen molar-refractivity contribution in [2.24, 2.45) is 5.92 Å². The molecule has 1 fully saturated rings. The van der Waals surface area contributed by atoms with E-state index in [1.54, 1.807) is 4.90 Å². The van der Waals surface area contributed by atoms with Crippen molar-refractivity contribution in [2.45, 2.75) is 19.3 Å². The molecule has 1 N–H and O–H groups in total. The normalized spacial score (nSPS) is 23.2. The number of benzene rings is 1. The van der Waals surface area contributed by atoms with Gasteiger partial charge in [0.05, 0.1) is 32.7 Å². The van der Waals surface area contributed by atoms with Crippen LogP contribution in [0.25, 0.3) is 0 Å². The van der Waals surface area contributed by atoms with E-state index >= 15 is 0 Å². The van der Waals surface area contributed by atoms with Crippen molar-refractivity contribution in [3.05, 3.63) is 48.0 Å². The maximum absolute atomic E-state index is 12.4. The molecule has 3 rings (SSSR count). The summed E-state index contributed by atoms with van der Waals surface area (Å²) >= 11 is 0. The van der Waals surface area contributed by atoms with E-state index in [9.17, 15) is 4.79 Å². The Morgan fingerprint density at radius 1 is 1.14 bits per heavy atom. The number of piperazine rings is 1. The fourth-order valence-electron chi connectivity index (χ4n) is 3.44. The Bertz CT molecular complexity index is 489. The van der Waals surface area contributed by atoms with Crippen LogP contribution in [-0.2, 0) is 0 Å². The van der Waals surface area contributed by atoms with Crippen molar-refractivity contribution in [2.75, 3.05) is 32.7 Å². The fraction of sp³-hybridized carbons (Fsp3) is 0.500. The van der Waals surface area contributed by atoms with E-state index in [-0.39, 0.29) is 5.91 Å². The molecule has 1 unspecified atom stereocenters. The van der Waals surface area contributed by atoms with Crippen molar-refractivity contribution in [3.8, 4) is 0 Å². The van der Waals surface area contributed by atoms with Gasteiger partial charge >= 0.3 is 0 Å². The summed E-state index contributed by atoms with van der Waals surface area (Å²) in [6.45, 7) is 5.26. The first-order chi connectivity index (χ1) is 10.3. The third-order valence-corrected chi connectivity index (χ3v) is 4.73. The molecule has 0 aromatic heterocycles. The summed E-state index contributed by atoms with van der Waals surface area (Å²) in [5.74, 6) is 1.04. The Hall–Kier alpha value is -1.61. The number of nitrogens with zero attached hydrogens (tertiary/aromatic N) is 1. The van der Waals surface area contributed by atoms with E-state index < -0.39 is 0 Å². The van der Waals surface area contributed by atoms with E-state index in [4.69, 9.17) is 0 Å². The number of carbonyl (C=O) groups is 1. The van der Waals surface area contributed by atoms with E-state index in [1.807, 2.05) is 35.2 Å². The predicted octanol–water partition coefficient (Wildman–Crippen LogP) is 1.38. The predicted molar refractivity (Wildman–Crippen MR) is 84.4 cm³/mol. The minimum Gasteiger partial charge on any atom is -0.332 e. The van der Waals surface area contributed by atoms with Gasteiger partial charge in [-0.25, -0.2) is 0 Å². The largest absolute Gasteiger partial charge is 0.332 e. The molecule has 1 atom stereocenters. The number of allylic oxidation sites excluding steroid dienone is 2. The third kappa shape index (κ3) is 3.73. The first kappa shape index (κ1) is 14.3. The molecule has 0 spiro atoms. The number of rotatable bonds is 3. The van der Waals surface area contributed by atoms with Crippen LogP contribution in [0.3, 0.4) is 0 Å². The number of quaternary nitrogens is 1. The van der Waals surface area contributed by atoms with Gasteiger partial charge in [-0.05, 0) is 31.4 Å². The van der Waals surface area contributed by atoms with Crippen molar-refractivity contribution in [1.82, 2.24) is 4.90 Å². The lowest BCUT2D eigenvalue weighted by atomic mass is 9.94. The van der Waals surface area contributed by atoms with Gasteiger partial charge in [-0.2, -0.15) is 0 Å². The molecule has 1 aliphatic carbocycles. The summed E-state index contributed by atoms with van der Waals surface area (Å²) in [4.78, 5) is 16.1. The standard InChI is InChI=1S/C18H24N2O/c21-18(17-9-5-2-6-10-17)20-13-11-19(12-14-20)15-16-7-3-1-4-8-16/h1-3,5-6,9-10,16H,4,7-8,11-15H2/p+1. The Kier molecular flexibility index (Phi) is 4.71. The Labute approximate surface area is 127 Å². The van der Waals surface area contributed by atoms with Crippen LogP contribution in [0.4, 0.5) is 0 Å². The maximum Gasteiger partial charge on any atom is 0.254 e. The van der Waals surface area contributed by atoms with Crippen LogP contribution in [-0.4, -0.2) is 43.5 Å². The molecule has 2 aliphatic rings. The molecule has 3 heteroatoms. The van der Waals surface area contributed by atoms with E-state index in [0.29, 0.717) is 0 Å². The highest BCUT2D eigenvalue weighted by molar-refractivity contribution is 5.94. The SMILES string of the molecule is O=C(c1ccccc1)N1CC[NH+](CC2CC=CCC2)CC1. The zero-order chi connectivity index (χ0) is 14.5. The molecule has 0 radical (unpaired) electrons. The molecule has 1 saturated heterocycles. The molecule has 1 aliphatic heterocycles. The molecule has 3 nitrogen and oxygen atoms in total. The van der Waals surface area contributed by atoms with Gasteiger partial charge in [0.1, 0.15) is 0 Å². The van der Waals surface area contributed by atoms with Crippen LogP contribution >= 0.6 is 0 Å². The van der Waals surface area contributed by atoms with Gasteiger partial charge in [0.15, 0.2) is 0 Å². The molecule has 0 saturated carbocycles. The lowest BCUT2D eigenvalue weighted by Gasteiger charge is -2.34. The number of hydrogen-bond donors (Lipinski definition) is 1. The average Bonchev–Trinajstić information content (AvgIpc) is 2.57. The summed E-state index contributed by atoms with van der Waals surface area (Å²) in [6, 6.07) is 9.65. The quantitative estimate of drug-likeness (QED) is 0.834. The number of nitrogens with one attached hydrogen (secondary N) is 1. The maximum atomic E-state index is 12.4. The molecule has 1 aromatic carbocycles. The highest BCUT2D eigenvalue weighted by Gasteiger charge is 2.26. The molecule has 1 aromatic rings. The second-order valence-corrected chi connectivity index (χ2v) is 6.26. The van der Waals surface area contributed by atoms with Crippen molar-refractivity contribution in [3.63, 3.8) is 0 Å². The monoisotopic (exact) mass is 285 g/mol. The Morgan fingerprint density at radius 3 is 2.57 bits per heavy atom. The zero-order valence-corrected chi connectivity index (χ0v) is 12.6. The summed E-state index contributed by atoms with van der Waals surface area (Å²) in [5, 5.41) is 0. The second-order valence-electron chi connectivity index (χ2n) is 6.26. The van der Waals surface area contributed by atoms with Crippen LogP contribution < -0.4 is 4.90 Å². The average molecular weight is 285 g/mol. The molecule has 1 amide bonds. The van der Waals surface area contributed by atoms with Crippen LogP contribution in [0.1, 0.15) is 29.6 Å². The lowest BCUT2D eigenvalue weighted by molar-refractivity contribution is -0.907. The molecule has 0 bridgehead atoms. The van der Waals surface area contributed by atoms with Gasteiger partial charge < -0.3 is 9.80 Å². The Morgan fingerprint density at radius 2 is 1.90 bits per heavy atom. The van der Waals surface area contributed by atoms with Gasteiger partial charge in [0, 0.05) is 11.5 Å². The summed E-state index contributed by atoms with van der Waals surface area (Å²) in [5.41, 5.74) is 0.818. The first-order valence-corrected chi connectivity index (χ1v) is 8.16. The smallest absolute Gasteiger partial charge is 0.254 e. The Balaban J connectivity index is 1.48. The molecular formula is C18H25N2O+. The van der Waals surface area contributed by atoms with Gasteiger partial charge in [0.25, 0.3) is 5.91 Å². The zero-order valence-electron chi connectivity index (χ0n) is 12.6. The highest BCUT2D eigenvalue weighted by atomic mass is 16.2. The summed E-state index contributed by atoms with van der Waals surface area (Å²) in [6.07, 6.45) is 8.48. The van der Waals surface area contributed by atoms with Crippen molar-refractivity contribution in [1.29, 1.82) is 0 Å². The molecule has 1 heterocycles. The second kappa shape index (κ2) is 6.90. The molecule has 21 heavy (non-hydrogen) atoms. The van der Waals surface area contributed by atoms with Crippen LogP contribution in [0.15, 0.2) is 42.5 Å². The molecule has 112 valence electrons.